The molecule has 0 radical (unpaired) electrons. The summed E-state index contributed by atoms with van der Waals surface area (Å²) in [6.45, 7) is 8.26. The van der Waals surface area contributed by atoms with Gasteiger partial charge in [0.15, 0.2) is 0 Å². The Morgan fingerprint density at radius 1 is 1.17 bits per heavy atom. The number of carboxylic acid groups (broad SMARTS) is 2. The highest BCUT2D eigenvalue weighted by molar-refractivity contribution is 5.79. The van der Waals surface area contributed by atoms with Crippen molar-refractivity contribution in [2.45, 2.75) is 58.8 Å². The molecule has 24 heavy (non-hydrogen) atoms. The third-order valence-corrected chi connectivity index (χ3v) is 8.57. The first-order valence-corrected chi connectivity index (χ1v) is 9.31. The van der Waals surface area contributed by atoms with Gasteiger partial charge in [-0.3, -0.25) is 9.59 Å². The summed E-state index contributed by atoms with van der Waals surface area (Å²) in [6.07, 6.45) is 6.29. The first kappa shape index (κ1) is 16.2. The molecule has 2 N–H and O–H groups in total. The van der Waals surface area contributed by atoms with E-state index in [1.807, 2.05) is 6.92 Å². The number of allylic oxidation sites excluding steroid dienone is 1. The Bertz CT molecular complexity index is 640. The third kappa shape index (κ3) is 1.65. The van der Waals surface area contributed by atoms with Crippen molar-refractivity contribution >= 4 is 11.9 Å². The molecule has 2 bridgehead atoms. The minimum absolute atomic E-state index is 0.177. The Labute approximate surface area is 143 Å². The molecule has 4 heteroatoms. The summed E-state index contributed by atoms with van der Waals surface area (Å²) in [6, 6.07) is 0. The number of carboxylic acids is 2. The van der Waals surface area contributed by atoms with E-state index in [9.17, 15) is 19.8 Å². The van der Waals surface area contributed by atoms with Gasteiger partial charge in [-0.15, -0.1) is 0 Å². The van der Waals surface area contributed by atoms with Gasteiger partial charge >= 0.3 is 11.9 Å². The molecule has 7 atom stereocenters. The van der Waals surface area contributed by atoms with E-state index in [4.69, 9.17) is 0 Å². The molecular formula is C20H28O4. The summed E-state index contributed by atoms with van der Waals surface area (Å²) >= 11 is 0. The molecule has 132 valence electrons. The summed E-state index contributed by atoms with van der Waals surface area (Å²) in [5.41, 5.74) is -0.152. The average Bonchev–Trinajstić information content (AvgIpc) is 2.87. The quantitative estimate of drug-likeness (QED) is 0.751. The second-order valence-electron chi connectivity index (χ2n) is 9.47. The zero-order chi connectivity index (χ0) is 17.5. The Morgan fingerprint density at radius 3 is 2.50 bits per heavy atom. The molecule has 0 aliphatic heterocycles. The van der Waals surface area contributed by atoms with Crippen LogP contribution in [0.25, 0.3) is 0 Å². The summed E-state index contributed by atoms with van der Waals surface area (Å²) < 4.78 is 0. The lowest BCUT2D eigenvalue weighted by atomic mass is 9.53. The lowest BCUT2D eigenvalue weighted by molar-refractivity contribution is -0.166. The molecule has 0 aromatic rings. The van der Waals surface area contributed by atoms with Gasteiger partial charge in [0, 0.05) is 0 Å². The van der Waals surface area contributed by atoms with Crippen LogP contribution in [0.4, 0.5) is 0 Å². The first-order chi connectivity index (χ1) is 11.2. The number of hydrogen-bond acceptors (Lipinski definition) is 2. The molecule has 4 aliphatic carbocycles. The Morgan fingerprint density at radius 2 is 1.88 bits per heavy atom. The van der Waals surface area contributed by atoms with Crippen LogP contribution in [0, 0.1) is 39.9 Å². The van der Waals surface area contributed by atoms with Crippen LogP contribution in [-0.4, -0.2) is 22.2 Å². The lowest BCUT2D eigenvalue weighted by Gasteiger charge is -2.50. The Hall–Kier alpha value is -1.32. The second kappa shape index (κ2) is 4.64. The molecule has 4 fully saturated rings. The van der Waals surface area contributed by atoms with Gasteiger partial charge in [-0.25, -0.2) is 0 Å². The first-order valence-electron chi connectivity index (χ1n) is 9.31. The molecule has 0 saturated heterocycles. The van der Waals surface area contributed by atoms with Crippen molar-refractivity contribution in [1.82, 2.24) is 0 Å². The molecule has 0 heterocycles. The maximum absolute atomic E-state index is 12.4. The van der Waals surface area contributed by atoms with Crippen LogP contribution in [-0.2, 0) is 9.59 Å². The smallest absolute Gasteiger partial charge is 0.309 e. The van der Waals surface area contributed by atoms with Crippen molar-refractivity contribution in [3.8, 4) is 0 Å². The highest BCUT2D eigenvalue weighted by Crippen LogP contribution is 2.77. The number of carbonyl (C=O) groups is 2. The van der Waals surface area contributed by atoms with Crippen LogP contribution in [0.1, 0.15) is 58.8 Å². The molecule has 4 nitrogen and oxygen atoms in total. The predicted molar refractivity (Wildman–Crippen MR) is 89.3 cm³/mol. The zero-order valence-electron chi connectivity index (χ0n) is 14.7. The van der Waals surface area contributed by atoms with E-state index in [2.05, 4.69) is 13.5 Å². The van der Waals surface area contributed by atoms with Gasteiger partial charge < -0.3 is 10.2 Å². The fraction of sp³-hybridized carbons (Fsp3) is 0.800. The van der Waals surface area contributed by atoms with Crippen LogP contribution in [0.2, 0.25) is 0 Å². The van der Waals surface area contributed by atoms with E-state index in [-0.39, 0.29) is 16.7 Å². The van der Waals surface area contributed by atoms with Gasteiger partial charge in [-0.05, 0) is 74.0 Å². The molecule has 1 unspecified atom stereocenters. The highest BCUT2D eigenvalue weighted by atomic mass is 16.4. The van der Waals surface area contributed by atoms with Crippen LogP contribution in [0.5, 0.6) is 0 Å². The Balaban J connectivity index is 1.93. The van der Waals surface area contributed by atoms with E-state index in [0.29, 0.717) is 18.3 Å². The normalized spacial score (nSPS) is 52.7. The van der Waals surface area contributed by atoms with Gasteiger partial charge in [0.1, 0.15) is 0 Å². The van der Waals surface area contributed by atoms with Crippen molar-refractivity contribution in [2.24, 2.45) is 39.9 Å². The van der Waals surface area contributed by atoms with Crippen LogP contribution < -0.4 is 0 Å². The van der Waals surface area contributed by atoms with Crippen molar-refractivity contribution in [2.75, 3.05) is 0 Å². The summed E-state index contributed by atoms with van der Waals surface area (Å²) in [7, 11) is 0. The predicted octanol–water partition coefficient (Wildman–Crippen LogP) is 3.96. The van der Waals surface area contributed by atoms with Crippen molar-refractivity contribution in [1.29, 1.82) is 0 Å². The van der Waals surface area contributed by atoms with Crippen molar-refractivity contribution < 1.29 is 19.8 Å². The number of hydrogen-bond donors (Lipinski definition) is 2. The summed E-state index contributed by atoms with van der Waals surface area (Å²) in [5, 5.41) is 20.2. The van der Waals surface area contributed by atoms with Crippen molar-refractivity contribution in [3.05, 3.63) is 12.2 Å². The topological polar surface area (TPSA) is 74.6 Å². The van der Waals surface area contributed by atoms with Crippen LogP contribution in [0.3, 0.4) is 0 Å². The largest absolute Gasteiger partial charge is 0.481 e. The maximum atomic E-state index is 12.4. The summed E-state index contributed by atoms with van der Waals surface area (Å²) in [5.74, 6) is -1.64. The van der Waals surface area contributed by atoms with E-state index in [0.717, 1.165) is 38.5 Å². The van der Waals surface area contributed by atoms with Gasteiger partial charge in [-0.1, -0.05) is 25.5 Å². The fourth-order valence-corrected chi connectivity index (χ4v) is 7.88. The average molecular weight is 332 g/mol. The monoisotopic (exact) mass is 332 g/mol. The van der Waals surface area contributed by atoms with E-state index < -0.39 is 23.3 Å². The molecule has 1 spiro atoms. The fourth-order valence-electron chi connectivity index (χ4n) is 7.88. The minimum atomic E-state index is -0.929. The van der Waals surface area contributed by atoms with Gasteiger partial charge in [0.2, 0.25) is 0 Å². The number of rotatable bonds is 2. The van der Waals surface area contributed by atoms with Gasteiger partial charge in [0.25, 0.3) is 0 Å². The maximum Gasteiger partial charge on any atom is 0.309 e. The standard InChI is InChI=1S/C20H28O4/c1-11-9-20-10-12(11)5-6-13(20)18(2)7-4-8-19(3,17(23)24)15(18)14(20)16(21)22/h12-15H,1,4-10H2,2-3H3,(H,21,22)(H,23,24)/t12-,13+,14-,15+,18?,19-,20+/m1/s1. The minimum Gasteiger partial charge on any atom is -0.481 e. The van der Waals surface area contributed by atoms with Gasteiger partial charge in [0.05, 0.1) is 11.3 Å². The van der Waals surface area contributed by atoms with Crippen LogP contribution >= 0.6 is 0 Å². The molecule has 0 aromatic heterocycles. The zero-order valence-corrected chi connectivity index (χ0v) is 14.7. The lowest BCUT2D eigenvalue weighted by Crippen LogP contribution is -2.50. The molecule has 4 rings (SSSR count). The van der Waals surface area contributed by atoms with E-state index >= 15 is 0 Å². The summed E-state index contributed by atoms with van der Waals surface area (Å²) in [4.78, 5) is 24.6. The second-order valence-corrected chi connectivity index (χ2v) is 9.47. The Kier molecular flexibility index (Phi) is 3.13. The highest BCUT2D eigenvalue weighted by Gasteiger charge is 2.75. The number of aliphatic carboxylic acids is 2. The molecule has 0 amide bonds. The van der Waals surface area contributed by atoms with E-state index in [1.54, 1.807) is 0 Å². The molecular weight excluding hydrogens is 304 g/mol. The third-order valence-electron chi connectivity index (χ3n) is 8.57. The number of fused-ring (bicyclic) bond motifs is 3. The van der Waals surface area contributed by atoms with Gasteiger partial charge in [-0.2, -0.15) is 0 Å². The SMILES string of the molecule is C=C1C[C@]23C[C@H]1CC[C@H]2C1(C)CCC[C@@](C)(C(=O)O)[C@H]1[C@@H]3C(=O)O. The van der Waals surface area contributed by atoms with Crippen LogP contribution in [0.15, 0.2) is 12.2 Å². The molecule has 4 saturated carbocycles. The molecule has 4 aliphatic rings. The molecule has 0 aromatic carbocycles. The van der Waals surface area contributed by atoms with Crippen molar-refractivity contribution in [3.63, 3.8) is 0 Å². The van der Waals surface area contributed by atoms with E-state index in [1.165, 1.54) is 5.57 Å².